The van der Waals surface area contributed by atoms with Crippen molar-refractivity contribution < 1.29 is 19.5 Å². The fraction of sp³-hybridized carbons (Fsp3) is 0.412. The molecule has 1 aliphatic rings. The quantitative estimate of drug-likeness (QED) is 0.889. The highest BCUT2D eigenvalue weighted by Crippen LogP contribution is 2.47. The molecule has 5 heteroatoms. The number of aromatic hydroxyl groups is 1. The lowest BCUT2D eigenvalue weighted by atomic mass is 9.64. The highest BCUT2D eigenvalue weighted by molar-refractivity contribution is 5.82. The van der Waals surface area contributed by atoms with E-state index in [2.05, 4.69) is 5.16 Å². The van der Waals surface area contributed by atoms with Crippen molar-refractivity contribution in [2.45, 2.75) is 38.7 Å². The molecule has 116 valence electrons. The lowest BCUT2D eigenvalue weighted by Crippen LogP contribution is -2.48. The summed E-state index contributed by atoms with van der Waals surface area (Å²) >= 11 is 0. The van der Waals surface area contributed by atoms with Crippen LogP contribution in [0.15, 0.2) is 28.8 Å². The Hall–Kier alpha value is -2.14. The number of carbonyl (C=O) groups excluding carboxylic acids is 1. The van der Waals surface area contributed by atoms with Crippen molar-refractivity contribution in [3.8, 4) is 5.75 Å². The summed E-state index contributed by atoms with van der Waals surface area (Å²) in [6.07, 6.45) is 0.290. The molecule has 0 fully saturated rings. The molecule has 0 radical (unpaired) electrons. The first-order chi connectivity index (χ1) is 10.3. The minimum Gasteiger partial charge on any atom is -0.508 e. The first kappa shape index (κ1) is 14.8. The first-order valence-electron chi connectivity index (χ1n) is 7.28. The fourth-order valence-electron chi connectivity index (χ4n) is 3.64. The Bertz CT molecular complexity index is 715. The van der Waals surface area contributed by atoms with E-state index in [4.69, 9.17) is 4.52 Å². The van der Waals surface area contributed by atoms with Crippen LogP contribution in [-0.4, -0.2) is 26.8 Å². The van der Waals surface area contributed by atoms with E-state index in [9.17, 15) is 15.0 Å². The molecular formula is C17H19NO4. The highest BCUT2D eigenvalue weighted by Gasteiger charge is 2.49. The van der Waals surface area contributed by atoms with Crippen LogP contribution < -0.4 is 0 Å². The summed E-state index contributed by atoms with van der Waals surface area (Å²) in [5.41, 5.74) is 1.23. The second kappa shape index (κ2) is 4.95. The summed E-state index contributed by atoms with van der Waals surface area (Å²) < 4.78 is 5.29. The van der Waals surface area contributed by atoms with Crippen molar-refractivity contribution in [1.82, 2.24) is 5.16 Å². The zero-order valence-electron chi connectivity index (χ0n) is 12.8. The maximum Gasteiger partial charge on any atom is 0.137 e. The van der Waals surface area contributed by atoms with Gasteiger partial charge in [-0.3, -0.25) is 4.79 Å². The number of carbonyl (C=O) groups is 1. The Labute approximate surface area is 128 Å². The Morgan fingerprint density at radius 3 is 2.59 bits per heavy atom. The van der Waals surface area contributed by atoms with E-state index in [-0.39, 0.29) is 17.5 Å². The van der Waals surface area contributed by atoms with E-state index in [0.29, 0.717) is 17.9 Å². The Morgan fingerprint density at radius 1 is 1.36 bits per heavy atom. The van der Waals surface area contributed by atoms with Crippen LogP contribution in [0.3, 0.4) is 0 Å². The second-order valence-electron chi connectivity index (χ2n) is 6.29. The van der Waals surface area contributed by atoms with Crippen LogP contribution in [0.5, 0.6) is 5.75 Å². The van der Waals surface area contributed by atoms with Gasteiger partial charge in [0.1, 0.15) is 17.3 Å². The van der Waals surface area contributed by atoms with Gasteiger partial charge in [0, 0.05) is 17.9 Å². The van der Waals surface area contributed by atoms with Crippen LogP contribution in [0.1, 0.15) is 42.3 Å². The summed E-state index contributed by atoms with van der Waals surface area (Å²) in [7, 11) is 0. The van der Waals surface area contributed by atoms with Crippen LogP contribution in [0, 0.1) is 12.8 Å². The number of benzene rings is 1. The summed E-state index contributed by atoms with van der Waals surface area (Å²) in [4.78, 5) is 12.2. The molecule has 2 N–H and O–H groups in total. The minimum atomic E-state index is -1.19. The number of nitrogens with zero attached hydrogens (tertiary/aromatic N) is 1. The van der Waals surface area contributed by atoms with Gasteiger partial charge in [0.2, 0.25) is 0 Å². The largest absolute Gasteiger partial charge is 0.508 e. The van der Waals surface area contributed by atoms with Crippen molar-refractivity contribution in [2.24, 2.45) is 5.92 Å². The van der Waals surface area contributed by atoms with E-state index < -0.39 is 11.5 Å². The molecule has 3 unspecified atom stereocenters. The van der Waals surface area contributed by atoms with Gasteiger partial charge in [-0.25, -0.2) is 0 Å². The molecule has 1 heterocycles. The predicted octanol–water partition coefficient (Wildman–Crippen LogP) is 2.33. The van der Waals surface area contributed by atoms with Gasteiger partial charge in [-0.2, -0.15) is 0 Å². The molecule has 0 spiro atoms. The fourth-order valence-corrected chi connectivity index (χ4v) is 3.64. The zero-order valence-corrected chi connectivity index (χ0v) is 12.8. The van der Waals surface area contributed by atoms with E-state index in [1.165, 1.54) is 6.92 Å². The van der Waals surface area contributed by atoms with Gasteiger partial charge in [-0.1, -0.05) is 17.3 Å². The number of hydrogen-bond donors (Lipinski definition) is 2. The Balaban J connectivity index is 2.23. The Kier molecular flexibility index (Phi) is 3.33. The maximum atomic E-state index is 12.2. The molecule has 5 nitrogen and oxygen atoms in total. The standard InChI is InChI=1S/C17H19NO4/c1-9(19)16-15(11-4-6-12(20)7-5-11)14-10(2)22-18-13(14)8-17(16,3)21/h4-7,15-16,20-21H,8H2,1-3H3. The summed E-state index contributed by atoms with van der Waals surface area (Å²) in [5, 5.41) is 24.3. The number of Topliss-reactive ketones (excluding diaryl/α,β-unsaturated/α-hetero) is 1. The number of phenols is 1. The van der Waals surface area contributed by atoms with Crippen LogP contribution in [0.2, 0.25) is 0 Å². The molecule has 0 bridgehead atoms. The van der Waals surface area contributed by atoms with Crippen LogP contribution in [-0.2, 0) is 11.2 Å². The van der Waals surface area contributed by atoms with Crippen molar-refractivity contribution in [3.63, 3.8) is 0 Å². The van der Waals surface area contributed by atoms with E-state index >= 15 is 0 Å². The number of fused-ring (bicyclic) bond motifs is 1. The van der Waals surface area contributed by atoms with Crippen LogP contribution in [0.4, 0.5) is 0 Å². The normalized spacial score (nSPS) is 27.5. The minimum absolute atomic E-state index is 0.0747. The molecule has 1 aliphatic carbocycles. The van der Waals surface area contributed by atoms with Crippen molar-refractivity contribution >= 4 is 5.78 Å². The number of ketones is 1. The molecule has 22 heavy (non-hydrogen) atoms. The van der Waals surface area contributed by atoms with Crippen molar-refractivity contribution in [1.29, 1.82) is 0 Å². The van der Waals surface area contributed by atoms with Gasteiger partial charge in [-0.15, -0.1) is 0 Å². The lowest BCUT2D eigenvalue weighted by molar-refractivity contribution is -0.130. The Morgan fingerprint density at radius 2 is 2.00 bits per heavy atom. The van der Waals surface area contributed by atoms with Gasteiger partial charge >= 0.3 is 0 Å². The topological polar surface area (TPSA) is 83.6 Å². The SMILES string of the molecule is CC(=O)C1C(c2ccc(O)cc2)c2c(noc2C)CC1(C)O. The third-order valence-corrected chi connectivity index (χ3v) is 4.51. The average molecular weight is 301 g/mol. The number of phenolic OH excluding ortho intramolecular Hbond substituents is 1. The molecular weight excluding hydrogens is 282 g/mol. The highest BCUT2D eigenvalue weighted by atomic mass is 16.5. The maximum absolute atomic E-state index is 12.2. The molecule has 0 saturated carbocycles. The van der Waals surface area contributed by atoms with E-state index in [1.807, 2.05) is 6.92 Å². The summed E-state index contributed by atoms with van der Waals surface area (Å²) in [5.74, 6) is -0.164. The molecule has 3 rings (SSSR count). The average Bonchev–Trinajstić information content (AvgIpc) is 2.77. The van der Waals surface area contributed by atoms with Crippen molar-refractivity contribution in [2.75, 3.05) is 0 Å². The smallest absolute Gasteiger partial charge is 0.137 e. The number of rotatable bonds is 2. The third-order valence-electron chi connectivity index (χ3n) is 4.51. The van der Waals surface area contributed by atoms with Gasteiger partial charge in [-0.05, 0) is 38.5 Å². The monoisotopic (exact) mass is 301 g/mol. The summed E-state index contributed by atoms with van der Waals surface area (Å²) in [6.45, 7) is 4.98. The molecule has 0 saturated heterocycles. The molecule has 1 aromatic heterocycles. The molecule has 0 amide bonds. The van der Waals surface area contributed by atoms with Gasteiger partial charge in [0.15, 0.2) is 0 Å². The van der Waals surface area contributed by atoms with Gasteiger partial charge < -0.3 is 14.7 Å². The third kappa shape index (κ3) is 2.22. The second-order valence-corrected chi connectivity index (χ2v) is 6.29. The zero-order chi connectivity index (χ0) is 16.1. The van der Waals surface area contributed by atoms with Gasteiger partial charge in [0.05, 0.1) is 17.2 Å². The van der Waals surface area contributed by atoms with E-state index in [1.54, 1.807) is 31.2 Å². The van der Waals surface area contributed by atoms with Crippen LogP contribution in [0.25, 0.3) is 0 Å². The number of hydrogen-bond acceptors (Lipinski definition) is 5. The predicted molar refractivity (Wildman–Crippen MR) is 79.7 cm³/mol. The first-order valence-corrected chi connectivity index (χ1v) is 7.28. The molecule has 0 aliphatic heterocycles. The summed E-state index contributed by atoms with van der Waals surface area (Å²) in [6, 6.07) is 6.71. The van der Waals surface area contributed by atoms with Gasteiger partial charge in [0.25, 0.3) is 0 Å². The molecule has 3 atom stereocenters. The lowest BCUT2D eigenvalue weighted by Gasteiger charge is -2.40. The van der Waals surface area contributed by atoms with E-state index in [0.717, 1.165) is 11.1 Å². The molecule has 2 aromatic rings. The molecule has 1 aromatic carbocycles. The number of aliphatic hydroxyl groups is 1. The number of aryl methyl sites for hydroxylation is 1. The van der Waals surface area contributed by atoms with Crippen LogP contribution >= 0.6 is 0 Å². The van der Waals surface area contributed by atoms with Crippen molar-refractivity contribution in [3.05, 3.63) is 46.8 Å². The number of aromatic nitrogens is 1.